The molecule has 2 atom stereocenters. The Morgan fingerprint density at radius 3 is 3.29 bits per heavy atom. The molecule has 0 aliphatic carbocycles. The lowest BCUT2D eigenvalue weighted by Crippen LogP contribution is -2.52. The molecule has 1 N–H and O–H groups in total. The Balaban J connectivity index is 1.72. The van der Waals surface area contributed by atoms with Gasteiger partial charge in [0, 0.05) is 18.1 Å². The number of hydrogen-bond acceptors (Lipinski definition) is 4. The molecule has 17 heavy (non-hydrogen) atoms. The maximum Gasteiger partial charge on any atom is 0.233 e. The summed E-state index contributed by atoms with van der Waals surface area (Å²) in [4.78, 5) is 20.4. The fourth-order valence-corrected chi connectivity index (χ4v) is 3.05. The van der Waals surface area contributed by atoms with Crippen LogP contribution in [0.1, 0.15) is 25.3 Å². The Kier molecular flexibility index (Phi) is 2.58. The second-order valence-corrected chi connectivity index (χ2v) is 5.24. The summed E-state index contributed by atoms with van der Waals surface area (Å²) in [6.07, 6.45) is 5.86. The van der Waals surface area contributed by atoms with Gasteiger partial charge in [0.25, 0.3) is 0 Å². The molecular formula is C11H13N3O2S. The first-order valence-electron chi connectivity index (χ1n) is 5.55. The van der Waals surface area contributed by atoms with Gasteiger partial charge in [0.05, 0.1) is 11.8 Å². The van der Waals surface area contributed by atoms with E-state index in [-0.39, 0.29) is 17.4 Å². The van der Waals surface area contributed by atoms with Crippen LogP contribution >= 0.6 is 11.8 Å². The van der Waals surface area contributed by atoms with Gasteiger partial charge in [0.15, 0.2) is 12.0 Å². The first kappa shape index (κ1) is 10.7. The zero-order valence-electron chi connectivity index (χ0n) is 9.42. The molecule has 1 saturated heterocycles. The largest absolute Gasteiger partial charge is 0.468 e. The third kappa shape index (κ3) is 1.82. The van der Waals surface area contributed by atoms with E-state index in [1.165, 1.54) is 0 Å². The number of aromatic amines is 1. The molecule has 1 aromatic heterocycles. The van der Waals surface area contributed by atoms with Crippen molar-refractivity contribution in [1.29, 1.82) is 0 Å². The maximum atomic E-state index is 11.5. The highest BCUT2D eigenvalue weighted by Crippen LogP contribution is 2.38. The van der Waals surface area contributed by atoms with Crippen LogP contribution in [0.25, 0.3) is 0 Å². The van der Waals surface area contributed by atoms with E-state index in [9.17, 15) is 4.79 Å². The number of thioether (sulfide) groups is 1. The topological polar surface area (TPSA) is 58.2 Å². The van der Waals surface area contributed by atoms with E-state index in [1.54, 1.807) is 29.1 Å². The first-order valence-corrected chi connectivity index (χ1v) is 6.60. The number of H-pyrrole nitrogens is 1. The molecule has 2 aliphatic rings. The van der Waals surface area contributed by atoms with Gasteiger partial charge in [-0.3, -0.25) is 9.69 Å². The van der Waals surface area contributed by atoms with E-state index < -0.39 is 0 Å². The molecule has 1 aromatic rings. The van der Waals surface area contributed by atoms with E-state index in [2.05, 4.69) is 9.97 Å². The number of rotatable bonds is 3. The standard InChI is InChI=1S/C11H13N3O2S/c1-7(11-12-3-4-13-11)16-9-2-5-17-10-6-8(15)14(9)10/h2-4,7,10H,5-6H2,1H3,(H,12,13)/t7?,10-/m0/s1. The fourth-order valence-electron chi connectivity index (χ4n) is 1.96. The molecule has 3 heterocycles. The van der Waals surface area contributed by atoms with Gasteiger partial charge in [-0.25, -0.2) is 4.98 Å². The monoisotopic (exact) mass is 251 g/mol. The van der Waals surface area contributed by atoms with Crippen molar-refractivity contribution in [2.24, 2.45) is 0 Å². The minimum atomic E-state index is -0.173. The highest BCUT2D eigenvalue weighted by Gasteiger charge is 2.42. The highest BCUT2D eigenvalue weighted by atomic mass is 32.2. The summed E-state index contributed by atoms with van der Waals surface area (Å²) in [5.41, 5.74) is 0. The fraction of sp³-hybridized carbons (Fsp3) is 0.455. The van der Waals surface area contributed by atoms with Gasteiger partial charge in [-0.2, -0.15) is 0 Å². The molecule has 5 nitrogen and oxygen atoms in total. The van der Waals surface area contributed by atoms with E-state index in [4.69, 9.17) is 4.74 Å². The quantitative estimate of drug-likeness (QED) is 0.830. The lowest BCUT2D eigenvalue weighted by atomic mass is 10.2. The van der Waals surface area contributed by atoms with Gasteiger partial charge in [-0.05, 0) is 13.0 Å². The molecule has 0 radical (unpaired) electrons. The zero-order valence-corrected chi connectivity index (χ0v) is 10.2. The van der Waals surface area contributed by atoms with Crippen molar-refractivity contribution in [1.82, 2.24) is 14.9 Å². The molecule has 0 spiro atoms. The second-order valence-electron chi connectivity index (χ2n) is 4.03. The van der Waals surface area contributed by atoms with Gasteiger partial charge >= 0.3 is 0 Å². The number of nitrogens with one attached hydrogen (secondary N) is 1. The number of carbonyl (C=O) groups excluding carboxylic acids is 1. The van der Waals surface area contributed by atoms with Crippen LogP contribution in [0.5, 0.6) is 0 Å². The lowest BCUT2D eigenvalue weighted by Gasteiger charge is -2.43. The molecule has 90 valence electrons. The minimum Gasteiger partial charge on any atom is -0.468 e. The number of fused-ring (bicyclic) bond motifs is 1. The van der Waals surface area contributed by atoms with Crippen LogP contribution in [0.15, 0.2) is 24.4 Å². The van der Waals surface area contributed by atoms with Gasteiger partial charge in [-0.1, -0.05) is 0 Å². The van der Waals surface area contributed by atoms with Crippen LogP contribution < -0.4 is 0 Å². The number of carbonyl (C=O) groups is 1. The lowest BCUT2D eigenvalue weighted by molar-refractivity contribution is -0.143. The van der Waals surface area contributed by atoms with Gasteiger partial charge in [0.2, 0.25) is 5.91 Å². The number of ether oxygens (including phenoxy) is 1. The van der Waals surface area contributed by atoms with Crippen molar-refractivity contribution in [3.8, 4) is 0 Å². The van der Waals surface area contributed by atoms with Crippen molar-refractivity contribution in [3.05, 3.63) is 30.2 Å². The third-order valence-corrected chi connectivity index (χ3v) is 4.01. The Hall–Kier alpha value is -1.43. The SMILES string of the molecule is CC(OC1=CCS[C@H]2CC(=O)N12)c1ncc[nH]1. The normalized spacial score (nSPS) is 24.8. The average molecular weight is 251 g/mol. The maximum absolute atomic E-state index is 11.5. The summed E-state index contributed by atoms with van der Waals surface area (Å²) >= 11 is 1.77. The number of aromatic nitrogens is 2. The van der Waals surface area contributed by atoms with Crippen molar-refractivity contribution in [2.45, 2.75) is 24.8 Å². The molecule has 1 amide bonds. The summed E-state index contributed by atoms with van der Waals surface area (Å²) in [7, 11) is 0. The van der Waals surface area contributed by atoms with Crippen molar-refractivity contribution >= 4 is 17.7 Å². The van der Waals surface area contributed by atoms with Crippen molar-refractivity contribution in [3.63, 3.8) is 0 Å². The van der Waals surface area contributed by atoms with Gasteiger partial charge < -0.3 is 9.72 Å². The molecular weight excluding hydrogens is 238 g/mol. The van der Waals surface area contributed by atoms with E-state index in [0.717, 1.165) is 11.6 Å². The highest BCUT2D eigenvalue weighted by molar-refractivity contribution is 8.00. The van der Waals surface area contributed by atoms with E-state index in [1.807, 2.05) is 13.0 Å². The third-order valence-electron chi connectivity index (χ3n) is 2.89. The van der Waals surface area contributed by atoms with Gasteiger partial charge in [0.1, 0.15) is 5.82 Å². The van der Waals surface area contributed by atoms with Gasteiger partial charge in [-0.15, -0.1) is 11.8 Å². The number of imidazole rings is 1. The molecule has 3 rings (SSSR count). The molecule has 0 aromatic carbocycles. The Labute approximate surface area is 103 Å². The summed E-state index contributed by atoms with van der Waals surface area (Å²) < 4.78 is 5.80. The summed E-state index contributed by atoms with van der Waals surface area (Å²) in [5, 5.41) is 0.270. The Morgan fingerprint density at radius 1 is 1.71 bits per heavy atom. The smallest absolute Gasteiger partial charge is 0.233 e. The van der Waals surface area contributed by atoms with Crippen LogP contribution in [-0.2, 0) is 9.53 Å². The van der Waals surface area contributed by atoms with Crippen molar-refractivity contribution < 1.29 is 9.53 Å². The summed E-state index contributed by atoms with van der Waals surface area (Å²) in [6, 6.07) is 0. The summed E-state index contributed by atoms with van der Waals surface area (Å²) in [6.45, 7) is 1.92. The van der Waals surface area contributed by atoms with Crippen LogP contribution in [0.4, 0.5) is 0 Å². The Bertz CT molecular complexity index is 457. The number of nitrogens with zero attached hydrogens (tertiary/aromatic N) is 2. The molecule has 6 heteroatoms. The summed E-state index contributed by atoms with van der Waals surface area (Å²) in [5.74, 6) is 2.48. The number of amides is 1. The molecule has 0 saturated carbocycles. The molecule has 0 bridgehead atoms. The minimum absolute atomic E-state index is 0.139. The van der Waals surface area contributed by atoms with Crippen LogP contribution in [0, 0.1) is 0 Å². The Morgan fingerprint density at radius 2 is 2.59 bits per heavy atom. The zero-order chi connectivity index (χ0) is 11.8. The van der Waals surface area contributed by atoms with Crippen LogP contribution in [0.3, 0.4) is 0 Å². The van der Waals surface area contributed by atoms with E-state index in [0.29, 0.717) is 12.3 Å². The average Bonchev–Trinajstić information content (AvgIpc) is 2.80. The van der Waals surface area contributed by atoms with Crippen LogP contribution in [-0.4, -0.2) is 31.9 Å². The number of β-lactam (4-membered cyclic amide) rings is 1. The first-order chi connectivity index (χ1) is 8.25. The van der Waals surface area contributed by atoms with Crippen molar-refractivity contribution in [2.75, 3.05) is 5.75 Å². The van der Waals surface area contributed by atoms with Crippen LogP contribution in [0.2, 0.25) is 0 Å². The predicted molar refractivity (Wildman–Crippen MR) is 63.9 cm³/mol. The molecule has 1 unspecified atom stereocenters. The molecule has 2 aliphatic heterocycles. The predicted octanol–water partition coefficient (Wildman–Crippen LogP) is 1.63. The van der Waals surface area contributed by atoms with E-state index >= 15 is 0 Å². The molecule has 1 fully saturated rings. The number of hydrogen-bond donors (Lipinski definition) is 1. The second kappa shape index (κ2) is 4.10.